The van der Waals surface area contributed by atoms with Crippen molar-refractivity contribution >= 4 is 17.9 Å². The SMILES string of the molecule is CC(C)(C)OC(=O)NCCC(N)=NOC(=O)C(C)(C)C. The zero-order chi connectivity index (χ0) is 16.0. The highest BCUT2D eigenvalue weighted by Crippen LogP contribution is 2.15. The first-order valence-corrected chi connectivity index (χ1v) is 6.42. The van der Waals surface area contributed by atoms with Gasteiger partial charge in [0.1, 0.15) is 11.4 Å². The Labute approximate surface area is 119 Å². The lowest BCUT2D eigenvalue weighted by Gasteiger charge is -2.19. The highest BCUT2D eigenvalue weighted by Gasteiger charge is 2.23. The number of nitrogens with one attached hydrogen (secondary N) is 1. The molecule has 0 aromatic carbocycles. The number of hydrogen-bond donors (Lipinski definition) is 2. The number of amidine groups is 1. The molecule has 7 heteroatoms. The lowest BCUT2D eigenvalue weighted by Crippen LogP contribution is -2.34. The van der Waals surface area contributed by atoms with Gasteiger partial charge in [0.2, 0.25) is 0 Å². The molecule has 0 heterocycles. The van der Waals surface area contributed by atoms with Crippen LogP contribution in [0.1, 0.15) is 48.0 Å². The molecule has 7 nitrogen and oxygen atoms in total. The molecule has 20 heavy (non-hydrogen) atoms. The van der Waals surface area contributed by atoms with E-state index < -0.39 is 23.1 Å². The normalized spacial score (nSPS) is 12.8. The Morgan fingerprint density at radius 2 is 1.70 bits per heavy atom. The fraction of sp³-hybridized carbons (Fsp3) is 0.769. The second-order valence-corrected chi connectivity index (χ2v) is 6.39. The van der Waals surface area contributed by atoms with Crippen LogP contribution in [-0.2, 0) is 14.4 Å². The molecule has 0 fully saturated rings. The average molecular weight is 287 g/mol. The molecule has 0 aliphatic heterocycles. The van der Waals surface area contributed by atoms with E-state index in [-0.39, 0.29) is 18.8 Å². The van der Waals surface area contributed by atoms with Crippen molar-refractivity contribution in [1.29, 1.82) is 0 Å². The number of nitrogens with two attached hydrogens (primary N) is 1. The van der Waals surface area contributed by atoms with Gasteiger partial charge < -0.3 is 20.6 Å². The van der Waals surface area contributed by atoms with E-state index in [1.54, 1.807) is 41.5 Å². The second-order valence-electron chi connectivity index (χ2n) is 6.39. The van der Waals surface area contributed by atoms with Crippen LogP contribution in [0.2, 0.25) is 0 Å². The minimum Gasteiger partial charge on any atom is -0.444 e. The maximum atomic E-state index is 11.4. The van der Waals surface area contributed by atoms with Crippen LogP contribution in [-0.4, -0.2) is 30.0 Å². The molecule has 0 aromatic rings. The molecule has 0 rings (SSSR count). The first kappa shape index (κ1) is 18.2. The molecule has 1 amide bonds. The zero-order valence-corrected chi connectivity index (χ0v) is 13.1. The monoisotopic (exact) mass is 287 g/mol. The van der Waals surface area contributed by atoms with Crippen molar-refractivity contribution in [2.24, 2.45) is 16.3 Å². The summed E-state index contributed by atoms with van der Waals surface area (Å²) in [6, 6.07) is 0. The molecule has 0 bridgehead atoms. The average Bonchev–Trinajstić information content (AvgIpc) is 2.21. The van der Waals surface area contributed by atoms with Crippen molar-refractivity contribution in [3.63, 3.8) is 0 Å². The summed E-state index contributed by atoms with van der Waals surface area (Å²) in [4.78, 5) is 27.5. The van der Waals surface area contributed by atoms with Gasteiger partial charge in [-0.3, -0.25) is 0 Å². The van der Waals surface area contributed by atoms with Gasteiger partial charge in [0, 0.05) is 13.0 Å². The van der Waals surface area contributed by atoms with Crippen molar-refractivity contribution in [1.82, 2.24) is 5.32 Å². The van der Waals surface area contributed by atoms with E-state index in [2.05, 4.69) is 15.3 Å². The molecular formula is C13H25N3O4. The number of carbonyl (C=O) groups is 2. The van der Waals surface area contributed by atoms with Gasteiger partial charge in [0.15, 0.2) is 0 Å². The molecular weight excluding hydrogens is 262 g/mol. The van der Waals surface area contributed by atoms with Crippen LogP contribution >= 0.6 is 0 Å². The van der Waals surface area contributed by atoms with Crippen molar-refractivity contribution in [2.45, 2.75) is 53.6 Å². The smallest absolute Gasteiger partial charge is 0.407 e. The molecule has 0 aromatic heterocycles. The Bertz CT molecular complexity index is 378. The van der Waals surface area contributed by atoms with E-state index >= 15 is 0 Å². The Morgan fingerprint density at radius 3 is 2.15 bits per heavy atom. The van der Waals surface area contributed by atoms with Crippen molar-refractivity contribution < 1.29 is 19.2 Å². The van der Waals surface area contributed by atoms with Crippen molar-refractivity contribution in [3.05, 3.63) is 0 Å². The third kappa shape index (κ3) is 9.18. The van der Waals surface area contributed by atoms with E-state index in [9.17, 15) is 9.59 Å². The molecule has 0 atom stereocenters. The molecule has 3 N–H and O–H groups in total. The summed E-state index contributed by atoms with van der Waals surface area (Å²) < 4.78 is 5.05. The van der Waals surface area contributed by atoms with Crippen LogP contribution in [0.3, 0.4) is 0 Å². The van der Waals surface area contributed by atoms with Gasteiger partial charge in [-0.05, 0) is 41.5 Å². The standard InChI is InChI=1S/C13H25N3O4/c1-12(2,3)10(17)20-16-9(14)7-8-15-11(18)19-13(4,5)6/h7-8H2,1-6H3,(H2,14,16)(H,15,18). The molecule has 0 unspecified atom stereocenters. The number of oxime groups is 1. The van der Waals surface area contributed by atoms with Crippen LogP contribution in [0.15, 0.2) is 5.16 Å². The quantitative estimate of drug-likeness (QED) is 0.355. The molecule has 116 valence electrons. The Kier molecular flexibility index (Phi) is 6.48. The fourth-order valence-electron chi connectivity index (χ4n) is 0.889. The number of carbonyl (C=O) groups excluding carboxylic acids is 2. The second kappa shape index (κ2) is 7.12. The zero-order valence-electron chi connectivity index (χ0n) is 13.1. The molecule has 0 saturated heterocycles. The number of ether oxygens (including phenoxy) is 1. The van der Waals surface area contributed by atoms with E-state index in [0.717, 1.165) is 0 Å². The van der Waals surface area contributed by atoms with Gasteiger partial charge in [-0.2, -0.15) is 0 Å². The number of amides is 1. The number of nitrogens with zero attached hydrogens (tertiary/aromatic N) is 1. The summed E-state index contributed by atoms with van der Waals surface area (Å²) in [5.41, 5.74) is 4.37. The van der Waals surface area contributed by atoms with Crippen LogP contribution in [0.5, 0.6) is 0 Å². The van der Waals surface area contributed by atoms with Gasteiger partial charge in [0.05, 0.1) is 5.41 Å². The van der Waals surface area contributed by atoms with Gasteiger partial charge >= 0.3 is 12.1 Å². The maximum absolute atomic E-state index is 11.4. The molecule has 0 spiro atoms. The third-order valence-electron chi connectivity index (χ3n) is 1.91. The van der Waals surface area contributed by atoms with Gasteiger partial charge in [-0.1, -0.05) is 5.16 Å². The summed E-state index contributed by atoms with van der Waals surface area (Å²) in [6.45, 7) is 10.7. The Balaban J connectivity index is 4.03. The maximum Gasteiger partial charge on any atom is 0.407 e. The minimum atomic E-state index is -0.640. The van der Waals surface area contributed by atoms with E-state index in [0.29, 0.717) is 0 Å². The largest absolute Gasteiger partial charge is 0.444 e. The van der Waals surface area contributed by atoms with Crippen molar-refractivity contribution in [2.75, 3.05) is 6.54 Å². The van der Waals surface area contributed by atoms with Crippen molar-refractivity contribution in [3.8, 4) is 0 Å². The van der Waals surface area contributed by atoms with Crippen LogP contribution in [0.25, 0.3) is 0 Å². The summed E-state index contributed by atoms with van der Waals surface area (Å²) in [5.74, 6) is -0.348. The fourth-order valence-corrected chi connectivity index (χ4v) is 0.889. The van der Waals surface area contributed by atoms with Gasteiger partial charge in [-0.15, -0.1) is 0 Å². The van der Waals surface area contributed by atoms with E-state index in [1.807, 2.05) is 0 Å². The Morgan fingerprint density at radius 1 is 1.15 bits per heavy atom. The number of hydrogen-bond acceptors (Lipinski definition) is 5. The predicted octanol–water partition coefficient (Wildman–Crippen LogP) is 1.76. The Hall–Kier alpha value is -1.79. The third-order valence-corrected chi connectivity index (χ3v) is 1.91. The number of rotatable bonds is 4. The summed E-state index contributed by atoms with van der Waals surface area (Å²) in [5, 5.41) is 6.04. The summed E-state index contributed by atoms with van der Waals surface area (Å²) >= 11 is 0. The van der Waals surface area contributed by atoms with Gasteiger partial charge in [-0.25, -0.2) is 9.59 Å². The van der Waals surface area contributed by atoms with Gasteiger partial charge in [0.25, 0.3) is 0 Å². The summed E-state index contributed by atoms with van der Waals surface area (Å²) in [7, 11) is 0. The molecule has 0 radical (unpaired) electrons. The molecule has 0 saturated carbocycles. The first-order chi connectivity index (χ1) is 8.92. The first-order valence-electron chi connectivity index (χ1n) is 6.42. The predicted molar refractivity (Wildman–Crippen MR) is 76.0 cm³/mol. The molecule has 0 aliphatic carbocycles. The topological polar surface area (TPSA) is 103 Å². The lowest BCUT2D eigenvalue weighted by molar-refractivity contribution is -0.152. The molecule has 0 aliphatic rings. The van der Waals surface area contributed by atoms with E-state index in [4.69, 9.17) is 10.5 Å². The van der Waals surface area contributed by atoms with Crippen LogP contribution in [0, 0.1) is 5.41 Å². The van der Waals surface area contributed by atoms with E-state index in [1.165, 1.54) is 0 Å². The minimum absolute atomic E-state index is 0.124. The van der Waals surface area contributed by atoms with Crippen LogP contribution < -0.4 is 11.1 Å². The highest BCUT2D eigenvalue weighted by atomic mass is 16.7. The van der Waals surface area contributed by atoms with Crippen LogP contribution in [0.4, 0.5) is 4.79 Å². The highest BCUT2D eigenvalue weighted by molar-refractivity contribution is 5.82. The lowest BCUT2D eigenvalue weighted by atomic mass is 9.98. The number of alkyl carbamates (subject to hydrolysis) is 1. The summed E-state index contributed by atoms with van der Waals surface area (Å²) in [6.07, 6.45) is -0.270.